The molecule has 0 aliphatic heterocycles. The van der Waals surface area contributed by atoms with Gasteiger partial charge in [-0.25, -0.2) is 0 Å². The summed E-state index contributed by atoms with van der Waals surface area (Å²) in [6, 6.07) is 25.3. The van der Waals surface area contributed by atoms with E-state index in [-0.39, 0.29) is 54.3 Å². The van der Waals surface area contributed by atoms with E-state index in [1.54, 1.807) is 0 Å². The average Bonchev–Trinajstić information content (AvgIpc) is 2.92. The molecule has 1 heterocycles. The fourth-order valence-electron chi connectivity index (χ4n) is 4.76. The van der Waals surface area contributed by atoms with Gasteiger partial charge < -0.3 is 5.11 Å². The molecule has 0 unspecified atom stereocenters. The van der Waals surface area contributed by atoms with Gasteiger partial charge in [-0.1, -0.05) is 129 Å². The van der Waals surface area contributed by atoms with E-state index in [0.717, 1.165) is 34.3 Å². The van der Waals surface area contributed by atoms with Gasteiger partial charge in [-0.05, 0) is 40.9 Å². The number of aliphatic hydroxyl groups is 1. The molecule has 0 fully saturated rings. The van der Waals surface area contributed by atoms with Gasteiger partial charge in [0.15, 0.2) is 5.78 Å². The number of aryl methyl sites for hydroxylation is 1. The monoisotopic (exact) mass is 770 g/mol. The summed E-state index contributed by atoms with van der Waals surface area (Å²) in [6.45, 7) is 22.9. The van der Waals surface area contributed by atoms with Crippen LogP contribution in [0.5, 0.6) is 0 Å². The summed E-state index contributed by atoms with van der Waals surface area (Å²) in [5, 5.41) is 20.6. The maximum atomic E-state index is 11.0. The Kier molecular flexibility index (Phi) is 12.8. The first-order chi connectivity index (χ1) is 20.0. The molecule has 237 valence electrons. The van der Waals surface area contributed by atoms with Crippen LogP contribution in [-0.2, 0) is 36.7 Å². The van der Waals surface area contributed by atoms with Crippen molar-refractivity contribution in [1.82, 2.24) is 10.2 Å². The first kappa shape index (κ1) is 37.0. The second kappa shape index (κ2) is 15.2. The Balaban J connectivity index is 0.000000483. The predicted molar refractivity (Wildman–Crippen MR) is 181 cm³/mol. The van der Waals surface area contributed by atoms with Crippen molar-refractivity contribution in [2.45, 2.75) is 88.0 Å². The summed E-state index contributed by atoms with van der Waals surface area (Å²) in [6.07, 6.45) is 2.38. The van der Waals surface area contributed by atoms with Crippen molar-refractivity contribution < 1.29 is 30.0 Å². The summed E-state index contributed by atoms with van der Waals surface area (Å²) in [5.41, 5.74) is 8.05. The molecular formula is C39H49IrN2O2-. The number of hydrogen-bond donors (Lipinski definition) is 1. The van der Waals surface area contributed by atoms with Crippen LogP contribution in [-0.4, -0.2) is 21.1 Å². The molecule has 0 spiro atoms. The molecule has 0 atom stereocenters. The minimum absolute atomic E-state index is 0. The smallest absolute Gasteiger partial charge is 0.161 e. The maximum absolute atomic E-state index is 11.0. The predicted octanol–water partition coefficient (Wildman–Crippen LogP) is 10.3. The molecule has 0 saturated carbocycles. The fraction of sp³-hybridized carbons (Fsp3) is 0.410. The molecule has 0 saturated heterocycles. The van der Waals surface area contributed by atoms with E-state index in [9.17, 15) is 9.90 Å². The summed E-state index contributed by atoms with van der Waals surface area (Å²) in [5.74, 6) is 0.161. The topological polar surface area (TPSA) is 63.1 Å². The number of nitrogens with zero attached hydrogens (tertiary/aromatic N) is 2. The third-order valence-corrected chi connectivity index (χ3v) is 7.29. The minimum atomic E-state index is -0.0316. The molecule has 1 aromatic heterocycles. The molecular weight excluding hydrogens is 721 g/mol. The first-order valence-corrected chi connectivity index (χ1v) is 15.3. The Morgan fingerprint density at radius 1 is 0.886 bits per heavy atom. The zero-order chi connectivity index (χ0) is 32.1. The van der Waals surface area contributed by atoms with Crippen molar-refractivity contribution in [2.24, 2.45) is 17.3 Å². The molecule has 4 aromatic rings. The fourth-order valence-corrected chi connectivity index (χ4v) is 4.76. The third kappa shape index (κ3) is 10.2. The molecule has 0 amide bonds. The van der Waals surface area contributed by atoms with Crippen LogP contribution in [0.3, 0.4) is 0 Å². The number of hydrogen-bond acceptors (Lipinski definition) is 4. The summed E-state index contributed by atoms with van der Waals surface area (Å²) >= 11 is 0. The van der Waals surface area contributed by atoms with Gasteiger partial charge in [0.05, 0.1) is 11.5 Å². The molecule has 1 N–H and O–H groups in total. The molecule has 44 heavy (non-hydrogen) atoms. The largest absolute Gasteiger partial charge is 0.512 e. The standard InChI is InChI=1S/C30H33N2.C9H16O2.Ir/c1-20-26(22-14-12-21(13-15-22)19-29(2,3)4)18-28(32-31-20)24-16-23-10-8-9-11-25(23)27(17-24)30(5,6)7;1-6(2)8(10)5-9(11)7(3)4;/h8-15,17-18H,19H2,1-7H3;5-7,10H,1-4H3;/q-1;;/b;8-5-;. The van der Waals surface area contributed by atoms with E-state index in [4.69, 9.17) is 0 Å². The van der Waals surface area contributed by atoms with Gasteiger partial charge in [-0.2, -0.15) is 10.2 Å². The second-order valence-corrected chi connectivity index (χ2v) is 14.3. The Hall–Kier alpha value is -3.14. The van der Waals surface area contributed by atoms with E-state index < -0.39 is 0 Å². The molecule has 0 aliphatic rings. The van der Waals surface area contributed by atoms with E-state index in [1.807, 2.05) is 34.6 Å². The van der Waals surface area contributed by atoms with Crippen molar-refractivity contribution in [1.29, 1.82) is 0 Å². The van der Waals surface area contributed by atoms with E-state index >= 15 is 0 Å². The van der Waals surface area contributed by atoms with Gasteiger partial charge in [0, 0.05) is 43.7 Å². The second-order valence-electron chi connectivity index (χ2n) is 14.3. The number of carbonyl (C=O) groups is 1. The third-order valence-electron chi connectivity index (χ3n) is 7.29. The van der Waals surface area contributed by atoms with Crippen LogP contribution in [0.4, 0.5) is 0 Å². The summed E-state index contributed by atoms with van der Waals surface area (Å²) < 4.78 is 0. The van der Waals surface area contributed by atoms with Crippen molar-refractivity contribution in [2.75, 3.05) is 0 Å². The van der Waals surface area contributed by atoms with E-state index in [1.165, 1.54) is 28.2 Å². The van der Waals surface area contributed by atoms with Crippen molar-refractivity contribution in [3.63, 3.8) is 0 Å². The number of ketones is 1. The number of aromatic nitrogens is 2. The quantitative estimate of drug-likeness (QED) is 0.121. The van der Waals surface area contributed by atoms with Crippen molar-refractivity contribution >= 4 is 16.6 Å². The van der Waals surface area contributed by atoms with Crippen LogP contribution in [0.1, 0.15) is 86.1 Å². The summed E-state index contributed by atoms with van der Waals surface area (Å²) in [4.78, 5) is 11.0. The molecule has 4 rings (SSSR count). The zero-order valence-electron chi connectivity index (χ0n) is 28.3. The number of allylic oxidation sites excluding steroid dienone is 2. The van der Waals surface area contributed by atoms with E-state index in [2.05, 4.69) is 118 Å². The number of aliphatic hydroxyl groups excluding tert-OH is 1. The van der Waals surface area contributed by atoms with Crippen LogP contribution in [0.25, 0.3) is 33.2 Å². The van der Waals surface area contributed by atoms with Gasteiger partial charge in [0.2, 0.25) is 0 Å². The Bertz CT molecular complexity index is 1590. The number of carbonyl (C=O) groups excluding carboxylic acids is 1. The van der Waals surface area contributed by atoms with Crippen LogP contribution in [0, 0.1) is 30.2 Å². The van der Waals surface area contributed by atoms with Crippen molar-refractivity contribution in [3.8, 4) is 22.4 Å². The van der Waals surface area contributed by atoms with Gasteiger partial charge in [0.1, 0.15) is 0 Å². The number of rotatable bonds is 6. The average molecular weight is 770 g/mol. The van der Waals surface area contributed by atoms with Crippen LogP contribution < -0.4 is 0 Å². The van der Waals surface area contributed by atoms with Crippen LogP contribution in [0.2, 0.25) is 0 Å². The summed E-state index contributed by atoms with van der Waals surface area (Å²) in [7, 11) is 0. The molecule has 5 heteroatoms. The van der Waals surface area contributed by atoms with Crippen LogP contribution >= 0.6 is 0 Å². The number of fused-ring (bicyclic) bond motifs is 1. The molecule has 0 bridgehead atoms. The number of benzene rings is 3. The van der Waals surface area contributed by atoms with E-state index in [0.29, 0.717) is 0 Å². The van der Waals surface area contributed by atoms with Gasteiger partial charge in [-0.15, -0.1) is 29.1 Å². The van der Waals surface area contributed by atoms with Crippen molar-refractivity contribution in [3.05, 3.63) is 95.4 Å². The van der Waals surface area contributed by atoms with Gasteiger partial charge >= 0.3 is 0 Å². The maximum Gasteiger partial charge on any atom is 0.161 e. The molecule has 4 nitrogen and oxygen atoms in total. The molecule has 3 aromatic carbocycles. The van der Waals surface area contributed by atoms with Gasteiger partial charge in [0.25, 0.3) is 0 Å². The SMILES string of the molecule is CC(C)C(=O)/C=C(\O)C(C)C.Cc1nnc(-c2[c-]c3ccccc3c(C(C)(C)C)c2)cc1-c1ccc(CC(C)(C)C)cc1.[Ir]. The molecule has 0 aliphatic carbocycles. The Morgan fingerprint density at radius 2 is 1.50 bits per heavy atom. The minimum Gasteiger partial charge on any atom is -0.512 e. The normalized spacial score (nSPS) is 12.2. The van der Waals surface area contributed by atoms with Crippen LogP contribution in [0.15, 0.2) is 72.5 Å². The first-order valence-electron chi connectivity index (χ1n) is 15.3. The molecule has 1 radical (unpaired) electrons. The zero-order valence-corrected chi connectivity index (χ0v) is 30.7. The van der Waals surface area contributed by atoms with Gasteiger partial charge in [-0.3, -0.25) is 4.79 Å². The Morgan fingerprint density at radius 3 is 2.05 bits per heavy atom. The Labute approximate surface area is 278 Å².